The highest BCUT2D eigenvalue weighted by Gasteiger charge is 2.26. The molecule has 1 aromatic rings. The number of carbonyl (C=O) groups excluding carboxylic acids is 1. The topological polar surface area (TPSA) is 79.4 Å². The molecule has 1 heterocycles. The molecule has 0 aromatic heterocycles. The fourth-order valence-corrected chi connectivity index (χ4v) is 2.24. The molecule has 1 amide bonds. The number of amides is 1. The van der Waals surface area contributed by atoms with Crippen LogP contribution >= 0.6 is 0 Å². The third kappa shape index (κ3) is 3.42. The van der Waals surface area contributed by atoms with Crippen molar-refractivity contribution in [1.29, 1.82) is 5.41 Å². The summed E-state index contributed by atoms with van der Waals surface area (Å²) >= 11 is 0. The molecule has 0 radical (unpaired) electrons. The maximum absolute atomic E-state index is 12.1. The summed E-state index contributed by atoms with van der Waals surface area (Å²) in [6, 6.07) is 5.54. The minimum Gasteiger partial charge on any atom is -0.444 e. The first-order valence-corrected chi connectivity index (χ1v) is 6.88. The maximum atomic E-state index is 12.1. The van der Waals surface area contributed by atoms with E-state index in [1.807, 2.05) is 39.0 Å². The summed E-state index contributed by atoms with van der Waals surface area (Å²) in [6.07, 6.45) is 2.90. The van der Waals surface area contributed by atoms with Crippen LogP contribution in [0.3, 0.4) is 0 Å². The zero-order valence-corrected chi connectivity index (χ0v) is 12.6. The van der Waals surface area contributed by atoms with Gasteiger partial charge in [0.05, 0.1) is 0 Å². The zero-order valence-electron chi connectivity index (χ0n) is 12.6. The Morgan fingerprint density at radius 1 is 1.43 bits per heavy atom. The Bertz CT molecular complexity index is 600. The standard InChI is InChI=1S/C16H21N3O2/c1-16(2,3)21-15(20)19-8-7-11(10-19)12-5-4-6-14(18)13(12)9-17/h4-7,9,17H,8,10,18H2,1-3H3. The van der Waals surface area contributed by atoms with Crippen molar-refractivity contribution in [3.8, 4) is 0 Å². The van der Waals surface area contributed by atoms with Crippen molar-refractivity contribution in [2.75, 3.05) is 18.8 Å². The minimum atomic E-state index is -0.503. The molecule has 0 saturated heterocycles. The molecule has 21 heavy (non-hydrogen) atoms. The Morgan fingerprint density at radius 3 is 2.76 bits per heavy atom. The molecule has 1 aliphatic rings. The van der Waals surface area contributed by atoms with E-state index in [1.54, 1.807) is 11.0 Å². The van der Waals surface area contributed by atoms with Gasteiger partial charge in [0, 0.05) is 30.6 Å². The number of carbonyl (C=O) groups is 1. The molecule has 1 aliphatic heterocycles. The first-order valence-electron chi connectivity index (χ1n) is 6.88. The summed E-state index contributed by atoms with van der Waals surface area (Å²) < 4.78 is 5.37. The van der Waals surface area contributed by atoms with E-state index in [4.69, 9.17) is 15.9 Å². The predicted molar refractivity (Wildman–Crippen MR) is 84.5 cm³/mol. The normalized spacial score (nSPS) is 14.8. The monoisotopic (exact) mass is 287 g/mol. The molecule has 5 nitrogen and oxygen atoms in total. The zero-order chi connectivity index (χ0) is 15.6. The Labute approximate surface area is 124 Å². The maximum Gasteiger partial charge on any atom is 0.410 e. The van der Waals surface area contributed by atoms with Gasteiger partial charge in [-0.1, -0.05) is 18.2 Å². The molecule has 1 aromatic carbocycles. The van der Waals surface area contributed by atoms with Gasteiger partial charge in [-0.3, -0.25) is 0 Å². The molecule has 0 aliphatic carbocycles. The molecule has 0 fully saturated rings. The number of hydrogen-bond acceptors (Lipinski definition) is 4. The van der Waals surface area contributed by atoms with Gasteiger partial charge in [-0.15, -0.1) is 0 Å². The SMILES string of the molecule is CC(C)(C)OC(=O)N1CC=C(c2cccc(N)c2C=N)C1. The molecule has 5 heteroatoms. The van der Waals surface area contributed by atoms with Gasteiger partial charge in [0.2, 0.25) is 0 Å². The van der Waals surface area contributed by atoms with Crippen LogP contribution in [0.1, 0.15) is 31.9 Å². The number of anilines is 1. The highest BCUT2D eigenvalue weighted by molar-refractivity contribution is 5.94. The third-order valence-corrected chi connectivity index (χ3v) is 3.20. The number of rotatable bonds is 2. The van der Waals surface area contributed by atoms with E-state index in [0.717, 1.165) is 11.1 Å². The van der Waals surface area contributed by atoms with Gasteiger partial charge in [-0.25, -0.2) is 4.79 Å². The number of ether oxygens (including phenoxy) is 1. The van der Waals surface area contributed by atoms with Gasteiger partial charge in [0.25, 0.3) is 0 Å². The van der Waals surface area contributed by atoms with Crippen molar-refractivity contribution >= 4 is 23.6 Å². The lowest BCUT2D eigenvalue weighted by Crippen LogP contribution is -2.35. The van der Waals surface area contributed by atoms with Crippen molar-refractivity contribution < 1.29 is 9.53 Å². The van der Waals surface area contributed by atoms with Crippen LogP contribution in [0.25, 0.3) is 5.57 Å². The van der Waals surface area contributed by atoms with E-state index in [1.165, 1.54) is 6.21 Å². The molecule has 0 atom stereocenters. The first kappa shape index (κ1) is 15.1. The average molecular weight is 287 g/mol. The van der Waals surface area contributed by atoms with Crippen LogP contribution in [-0.2, 0) is 4.74 Å². The van der Waals surface area contributed by atoms with Gasteiger partial charge in [-0.2, -0.15) is 0 Å². The van der Waals surface area contributed by atoms with Crippen molar-refractivity contribution in [1.82, 2.24) is 4.90 Å². The van der Waals surface area contributed by atoms with Crippen LogP contribution in [-0.4, -0.2) is 35.9 Å². The van der Waals surface area contributed by atoms with Crippen LogP contribution in [0, 0.1) is 5.41 Å². The van der Waals surface area contributed by atoms with Crippen LogP contribution in [0.15, 0.2) is 24.3 Å². The van der Waals surface area contributed by atoms with Gasteiger partial charge < -0.3 is 20.8 Å². The van der Waals surface area contributed by atoms with Gasteiger partial charge in [0.1, 0.15) is 5.60 Å². The number of nitrogens with two attached hydrogens (primary N) is 1. The number of nitrogens with one attached hydrogen (secondary N) is 1. The second-order valence-electron chi connectivity index (χ2n) is 6.04. The summed E-state index contributed by atoms with van der Waals surface area (Å²) in [5.74, 6) is 0. The summed E-state index contributed by atoms with van der Waals surface area (Å²) in [4.78, 5) is 13.7. The average Bonchev–Trinajstić information content (AvgIpc) is 2.86. The summed E-state index contributed by atoms with van der Waals surface area (Å²) in [5.41, 5.74) is 8.54. The van der Waals surface area contributed by atoms with E-state index in [2.05, 4.69) is 0 Å². The fourth-order valence-electron chi connectivity index (χ4n) is 2.24. The van der Waals surface area contributed by atoms with Crippen molar-refractivity contribution in [3.63, 3.8) is 0 Å². The second kappa shape index (κ2) is 5.60. The van der Waals surface area contributed by atoms with E-state index in [0.29, 0.717) is 24.3 Å². The van der Waals surface area contributed by atoms with E-state index in [9.17, 15) is 4.79 Å². The van der Waals surface area contributed by atoms with Crippen LogP contribution < -0.4 is 5.73 Å². The Kier molecular flexibility index (Phi) is 4.02. The van der Waals surface area contributed by atoms with Gasteiger partial charge >= 0.3 is 6.09 Å². The van der Waals surface area contributed by atoms with Crippen LogP contribution in [0.5, 0.6) is 0 Å². The fraction of sp³-hybridized carbons (Fsp3) is 0.375. The summed E-state index contributed by atoms with van der Waals surface area (Å²) in [5, 5.41) is 7.50. The van der Waals surface area contributed by atoms with Crippen molar-refractivity contribution in [2.45, 2.75) is 26.4 Å². The van der Waals surface area contributed by atoms with Gasteiger partial charge in [0.15, 0.2) is 0 Å². The summed E-state index contributed by atoms with van der Waals surface area (Å²) in [7, 11) is 0. The molecule has 0 bridgehead atoms. The van der Waals surface area contributed by atoms with Gasteiger partial charge in [-0.05, 0) is 38.0 Å². The molecular weight excluding hydrogens is 266 g/mol. The lowest BCUT2D eigenvalue weighted by molar-refractivity contribution is 0.0306. The molecule has 0 spiro atoms. The number of nitrogens with zero attached hydrogens (tertiary/aromatic N) is 1. The molecule has 112 valence electrons. The largest absolute Gasteiger partial charge is 0.444 e. The predicted octanol–water partition coefficient (Wildman–Crippen LogP) is 2.90. The lowest BCUT2D eigenvalue weighted by Gasteiger charge is -2.24. The Balaban J connectivity index is 2.14. The quantitative estimate of drug-likeness (QED) is 0.648. The Morgan fingerprint density at radius 2 is 2.14 bits per heavy atom. The highest BCUT2D eigenvalue weighted by atomic mass is 16.6. The van der Waals surface area contributed by atoms with E-state index >= 15 is 0 Å². The van der Waals surface area contributed by atoms with Crippen LogP contribution in [0.4, 0.5) is 10.5 Å². The molecular formula is C16H21N3O2. The van der Waals surface area contributed by atoms with E-state index in [-0.39, 0.29) is 6.09 Å². The first-order chi connectivity index (χ1) is 9.81. The van der Waals surface area contributed by atoms with Crippen LogP contribution in [0.2, 0.25) is 0 Å². The van der Waals surface area contributed by atoms with Crippen molar-refractivity contribution in [3.05, 3.63) is 35.4 Å². The lowest BCUT2D eigenvalue weighted by atomic mass is 9.99. The third-order valence-electron chi connectivity index (χ3n) is 3.20. The van der Waals surface area contributed by atoms with Crippen molar-refractivity contribution in [2.24, 2.45) is 0 Å². The van der Waals surface area contributed by atoms with E-state index < -0.39 is 5.60 Å². The number of nitrogen functional groups attached to an aromatic ring is 1. The number of hydrogen-bond donors (Lipinski definition) is 2. The minimum absolute atomic E-state index is 0.325. The highest BCUT2D eigenvalue weighted by Crippen LogP contribution is 2.27. The molecule has 0 saturated carbocycles. The molecule has 0 unspecified atom stereocenters. The number of benzene rings is 1. The smallest absolute Gasteiger partial charge is 0.410 e. The summed E-state index contributed by atoms with van der Waals surface area (Å²) in [6.45, 7) is 6.52. The molecule has 3 N–H and O–H groups in total. The molecule has 2 rings (SSSR count). The Hall–Kier alpha value is -2.30. The second-order valence-corrected chi connectivity index (χ2v) is 6.04.